The van der Waals surface area contributed by atoms with E-state index in [-0.39, 0.29) is 0 Å². The zero-order valence-corrected chi connectivity index (χ0v) is 7.42. The number of hydrogen-bond donors (Lipinski definition) is 1. The van der Waals surface area contributed by atoms with Crippen molar-refractivity contribution in [1.29, 1.82) is 0 Å². The van der Waals surface area contributed by atoms with E-state index in [1.165, 1.54) is 24.1 Å². The Labute approximate surface area is 74.3 Å². The van der Waals surface area contributed by atoms with Gasteiger partial charge in [0.25, 0.3) is 0 Å². The summed E-state index contributed by atoms with van der Waals surface area (Å²) in [5.41, 5.74) is 0.510. The van der Waals surface area contributed by atoms with Crippen LogP contribution in [0, 0.1) is 11.6 Å². The largest absolute Gasteiger partial charge is 0.267 e. The van der Waals surface area contributed by atoms with Crippen LogP contribution in [0.1, 0.15) is 5.56 Å². The normalized spacial score (nSPS) is 10.2. The molecule has 1 nitrogen and oxygen atoms in total. The van der Waals surface area contributed by atoms with Gasteiger partial charge in [-0.15, -0.1) is 0 Å². The van der Waals surface area contributed by atoms with E-state index in [1.54, 1.807) is 7.05 Å². The molecule has 0 aliphatic heterocycles. The minimum absolute atomic E-state index is 0.488. The minimum atomic E-state index is -0.536. The highest BCUT2D eigenvalue weighted by atomic mass is 32.2. The van der Waals surface area contributed by atoms with Crippen LogP contribution in [0.4, 0.5) is 8.78 Å². The zero-order valence-electron chi connectivity index (χ0n) is 6.60. The summed E-state index contributed by atoms with van der Waals surface area (Å²) < 4.78 is 28.1. The highest BCUT2D eigenvalue weighted by molar-refractivity contribution is 7.96. The minimum Gasteiger partial charge on any atom is -0.267 e. The molecule has 66 valence electrons. The van der Waals surface area contributed by atoms with Crippen LogP contribution in [0.2, 0.25) is 0 Å². The Hall–Kier alpha value is -0.610. The van der Waals surface area contributed by atoms with Gasteiger partial charge in [-0.3, -0.25) is 4.72 Å². The van der Waals surface area contributed by atoms with Gasteiger partial charge in [0, 0.05) is 11.8 Å². The summed E-state index contributed by atoms with van der Waals surface area (Å²) in [6, 6.07) is 3.61. The molecular weight excluding hydrogens is 180 g/mol. The third kappa shape index (κ3) is 2.46. The van der Waals surface area contributed by atoms with Crippen LogP contribution in [0.5, 0.6) is 0 Å². The third-order valence-electron chi connectivity index (χ3n) is 1.39. The van der Waals surface area contributed by atoms with Crippen molar-refractivity contribution in [2.24, 2.45) is 0 Å². The first-order valence-electron chi connectivity index (χ1n) is 3.46. The molecule has 0 atom stereocenters. The molecule has 0 aliphatic carbocycles. The molecule has 1 aromatic rings. The fraction of sp³-hybridized carbons (Fsp3) is 0.250. The Morgan fingerprint density at radius 1 is 1.42 bits per heavy atom. The van der Waals surface area contributed by atoms with E-state index in [1.807, 2.05) is 0 Å². The average Bonchev–Trinajstić information content (AvgIpc) is 2.03. The quantitative estimate of drug-likeness (QED) is 0.732. The summed E-state index contributed by atoms with van der Waals surface area (Å²) in [6.07, 6.45) is 0. The van der Waals surface area contributed by atoms with Crippen LogP contribution in [0.15, 0.2) is 18.2 Å². The van der Waals surface area contributed by atoms with Gasteiger partial charge in [-0.05, 0) is 18.7 Å². The van der Waals surface area contributed by atoms with Crippen LogP contribution in [-0.4, -0.2) is 7.05 Å². The Bertz CT molecular complexity index is 265. The first-order valence-corrected chi connectivity index (χ1v) is 4.45. The topological polar surface area (TPSA) is 12.0 Å². The van der Waals surface area contributed by atoms with E-state index >= 15 is 0 Å². The van der Waals surface area contributed by atoms with Crippen molar-refractivity contribution in [2.45, 2.75) is 5.75 Å². The van der Waals surface area contributed by atoms with Gasteiger partial charge in [0.2, 0.25) is 0 Å². The molecule has 0 spiro atoms. The number of halogens is 2. The van der Waals surface area contributed by atoms with Crippen LogP contribution < -0.4 is 4.72 Å². The maximum Gasteiger partial charge on any atom is 0.130 e. The van der Waals surface area contributed by atoms with Crippen LogP contribution in [0.25, 0.3) is 0 Å². The van der Waals surface area contributed by atoms with Gasteiger partial charge in [-0.2, -0.15) is 0 Å². The lowest BCUT2D eigenvalue weighted by Gasteiger charge is -2.01. The summed E-state index contributed by atoms with van der Waals surface area (Å²) in [6.45, 7) is 0. The molecule has 0 fully saturated rings. The first-order chi connectivity index (χ1) is 5.74. The van der Waals surface area contributed by atoms with Gasteiger partial charge in [0.05, 0.1) is 0 Å². The highest BCUT2D eigenvalue weighted by Gasteiger charge is 2.02. The SMILES string of the molecule is CNSCc1ccc(F)cc1F. The molecular formula is C8H9F2NS. The van der Waals surface area contributed by atoms with Gasteiger partial charge < -0.3 is 0 Å². The molecule has 1 rings (SSSR count). The maximum atomic E-state index is 12.9. The second-order valence-electron chi connectivity index (χ2n) is 2.23. The first kappa shape index (κ1) is 9.48. The van der Waals surface area contributed by atoms with Crippen molar-refractivity contribution in [3.8, 4) is 0 Å². The van der Waals surface area contributed by atoms with E-state index in [2.05, 4.69) is 4.72 Å². The number of hydrogen-bond acceptors (Lipinski definition) is 2. The van der Waals surface area contributed by atoms with Crippen molar-refractivity contribution in [3.05, 3.63) is 35.4 Å². The number of nitrogens with one attached hydrogen (secondary N) is 1. The summed E-state index contributed by atoms with van der Waals surface area (Å²) in [7, 11) is 1.76. The summed E-state index contributed by atoms with van der Waals surface area (Å²) in [4.78, 5) is 0. The molecule has 0 bridgehead atoms. The van der Waals surface area contributed by atoms with Crippen molar-refractivity contribution >= 4 is 11.9 Å². The molecule has 1 aromatic carbocycles. The summed E-state index contributed by atoms with van der Waals surface area (Å²) in [5, 5.41) is 0. The predicted octanol–water partition coefficient (Wildman–Crippen LogP) is 2.33. The molecule has 0 heterocycles. The molecule has 12 heavy (non-hydrogen) atoms. The monoisotopic (exact) mass is 189 g/mol. The number of rotatable bonds is 3. The molecule has 0 aromatic heterocycles. The summed E-state index contributed by atoms with van der Waals surface area (Å²) >= 11 is 1.37. The number of benzene rings is 1. The van der Waals surface area contributed by atoms with Crippen molar-refractivity contribution in [2.75, 3.05) is 7.05 Å². The Morgan fingerprint density at radius 2 is 2.17 bits per heavy atom. The average molecular weight is 189 g/mol. The van der Waals surface area contributed by atoms with Crippen LogP contribution in [-0.2, 0) is 5.75 Å². The van der Waals surface area contributed by atoms with Crippen LogP contribution >= 0.6 is 11.9 Å². The molecule has 0 radical (unpaired) electrons. The second kappa shape index (κ2) is 4.42. The zero-order chi connectivity index (χ0) is 8.97. The van der Waals surface area contributed by atoms with Gasteiger partial charge in [0.15, 0.2) is 0 Å². The van der Waals surface area contributed by atoms with Crippen molar-refractivity contribution in [1.82, 2.24) is 4.72 Å². The Balaban J connectivity index is 2.72. The smallest absolute Gasteiger partial charge is 0.130 e. The van der Waals surface area contributed by atoms with E-state index < -0.39 is 11.6 Å². The predicted molar refractivity (Wildman–Crippen MR) is 46.7 cm³/mol. The standard InChI is InChI=1S/C8H9F2NS/c1-11-12-5-6-2-3-7(9)4-8(6)10/h2-4,11H,5H2,1H3. The molecule has 0 amide bonds. The van der Waals surface area contributed by atoms with Crippen molar-refractivity contribution < 1.29 is 8.78 Å². The maximum absolute atomic E-state index is 12.9. The van der Waals surface area contributed by atoms with E-state index in [0.29, 0.717) is 11.3 Å². The fourth-order valence-corrected chi connectivity index (χ4v) is 1.32. The van der Waals surface area contributed by atoms with E-state index in [9.17, 15) is 8.78 Å². The Morgan fingerprint density at radius 3 is 2.75 bits per heavy atom. The van der Waals surface area contributed by atoms with Gasteiger partial charge in [0.1, 0.15) is 11.6 Å². The van der Waals surface area contributed by atoms with Crippen LogP contribution in [0.3, 0.4) is 0 Å². The van der Waals surface area contributed by atoms with Crippen molar-refractivity contribution in [3.63, 3.8) is 0 Å². The highest BCUT2D eigenvalue weighted by Crippen LogP contribution is 2.14. The van der Waals surface area contributed by atoms with E-state index in [4.69, 9.17) is 0 Å². The second-order valence-corrected chi connectivity index (χ2v) is 3.21. The molecule has 1 N–H and O–H groups in total. The fourth-order valence-electron chi connectivity index (χ4n) is 0.789. The Kier molecular flexibility index (Phi) is 3.49. The van der Waals surface area contributed by atoms with Gasteiger partial charge in [-0.1, -0.05) is 18.0 Å². The van der Waals surface area contributed by atoms with Gasteiger partial charge in [-0.25, -0.2) is 8.78 Å². The third-order valence-corrected chi connectivity index (χ3v) is 2.13. The lowest BCUT2D eigenvalue weighted by atomic mass is 10.2. The van der Waals surface area contributed by atoms with Gasteiger partial charge >= 0.3 is 0 Å². The lowest BCUT2D eigenvalue weighted by molar-refractivity contribution is 0.576. The lowest BCUT2D eigenvalue weighted by Crippen LogP contribution is -1.95. The molecule has 0 aliphatic rings. The molecule has 0 saturated heterocycles. The molecule has 0 unspecified atom stereocenters. The summed E-state index contributed by atoms with van der Waals surface area (Å²) in [5.74, 6) is -0.522. The molecule has 0 saturated carbocycles. The molecule has 4 heteroatoms. The van der Waals surface area contributed by atoms with E-state index in [0.717, 1.165) is 6.07 Å².